The van der Waals surface area contributed by atoms with Crippen LogP contribution in [0.2, 0.25) is 0 Å². The number of imide groups is 1. The lowest BCUT2D eigenvalue weighted by Gasteiger charge is -2.42. The molecule has 3 amide bonds. The molecule has 2 aliphatic rings. The van der Waals surface area contributed by atoms with Gasteiger partial charge in [0.05, 0.1) is 13.2 Å². The van der Waals surface area contributed by atoms with Gasteiger partial charge in [-0.1, -0.05) is 50.6 Å². The summed E-state index contributed by atoms with van der Waals surface area (Å²) >= 11 is 0. The van der Waals surface area contributed by atoms with Crippen LogP contribution in [0, 0.1) is 11.8 Å². The van der Waals surface area contributed by atoms with Crippen molar-refractivity contribution < 1.29 is 22.8 Å². The summed E-state index contributed by atoms with van der Waals surface area (Å²) in [4.78, 5) is 27.8. The summed E-state index contributed by atoms with van der Waals surface area (Å²) in [6.45, 7) is 2.26. The molecule has 1 heterocycles. The molecule has 1 saturated carbocycles. The first-order chi connectivity index (χ1) is 13.1. The third kappa shape index (κ3) is 4.01. The van der Waals surface area contributed by atoms with E-state index < -0.39 is 30.2 Å². The second-order valence-electron chi connectivity index (χ2n) is 7.99. The normalized spacial score (nSPS) is 28.3. The highest BCUT2D eigenvalue weighted by molar-refractivity contribution is 6.07. The van der Waals surface area contributed by atoms with Crippen LogP contribution in [0.25, 0.3) is 0 Å². The molecular formula is C20H26F3N3O2. The number of halogens is 3. The van der Waals surface area contributed by atoms with E-state index in [1.54, 1.807) is 30.3 Å². The fourth-order valence-electron chi connectivity index (χ4n) is 4.53. The lowest BCUT2D eigenvalue weighted by Crippen LogP contribution is -2.59. The molecule has 1 N–H and O–H groups in total. The van der Waals surface area contributed by atoms with Crippen molar-refractivity contribution in [3.8, 4) is 0 Å². The summed E-state index contributed by atoms with van der Waals surface area (Å²) in [5.41, 5.74) is -0.320. The van der Waals surface area contributed by atoms with Crippen molar-refractivity contribution in [1.29, 1.82) is 0 Å². The van der Waals surface area contributed by atoms with Crippen molar-refractivity contribution >= 4 is 11.9 Å². The van der Waals surface area contributed by atoms with Gasteiger partial charge in [-0.2, -0.15) is 13.2 Å². The Morgan fingerprint density at radius 3 is 2.32 bits per heavy atom. The third-order valence-corrected chi connectivity index (χ3v) is 5.98. The van der Waals surface area contributed by atoms with E-state index in [1.807, 2.05) is 13.8 Å². The van der Waals surface area contributed by atoms with Crippen molar-refractivity contribution in [2.24, 2.45) is 11.8 Å². The zero-order chi connectivity index (χ0) is 20.5. The summed E-state index contributed by atoms with van der Waals surface area (Å²) in [5, 5.41) is 2.83. The molecular weight excluding hydrogens is 371 g/mol. The lowest BCUT2D eigenvalue weighted by molar-refractivity contribution is -0.155. The highest BCUT2D eigenvalue weighted by Gasteiger charge is 2.58. The molecule has 1 aromatic rings. The van der Waals surface area contributed by atoms with E-state index in [-0.39, 0.29) is 25.0 Å². The number of urea groups is 1. The smallest absolute Gasteiger partial charge is 0.323 e. The molecule has 1 aliphatic carbocycles. The van der Waals surface area contributed by atoms with Crippen molar-refractivity contribution in [2.45, 2.75) is 51.4 Å². The maximum atomic E-state index is 13.2. The van der Waals surface area contributed by atoms with E-state index in [0.29, 0.717) is 5.56 Å². The van der Waals surface area contributed by atoms with Gasteiger partial charge in [-0.3, -0.25) is 9.69 Å². The summed E-state index contributed by atoms with van der Waals surface area (Å²) in [6.07, 6.45) is -1.85. The van der Waals surface area contributed by atoms with Gasteiger partial charge in [0.25, 0.3) is 5.91 Å². The van der Waals surface area contributed by atoms with E-state index in [9.17, 15) is 22.8 Å². The molecule has 1 aromatic carbocycles. The first-order valence-corrected chi connectivity index (χ1v) is 9.60. The molecule has 5 nitrogen and oxygen atoms in total. The molecule has 0 radical (unpaired) electrons. The van der Waals surface area contributed by atoms with Crippen LogP contribution < -0.4 is 5.32 Å². The lowest BCUT2D eigenvalue weighted by atomic mass is 9.67. The minimum atomic E-state index is -4.43. The quantitative estimate of drug-likeness (QED) is 0.770. The number of nitrogens with one attached hydrogen (secondary N) is 1. The minimum Gasteiger partial charge on any atom is -0.323 e. The van der Waals surface area contributed by atoms with Crippen LogP contribution in [0.15, 0.2) is 30.3 Å². The molecule has 0 aromatic heterocycles. The first kappa shape index (κ1) is 20.6. The fraction of sp³-hybridized carbons (Fsp3) is 0.600. The molecule has 2 atom stereocenters. The van der Waals surface area contributed by atoms with E-state index in [0.717, 1.165) is 29.1 Å². The van der Waals surface area contributed by atoms with Gasteiger partial charge in [-0.05, 0) is 30.2 Å². The number of amides is 3. The second-order valence-corrected chi connectivity index (χ2v) is 7.99. The van der Waals surface area contributed by atoms with Gasteiger partial charge in [0.2, 0.25) is 0 Å². The average Bonchev–Trinajstić information content (AvgIpc) is 2.85. The molecule has 3 rings (SSSR count). The van der Waals surface area contributed by atoms with Crippen LogP contribution in [-0.2, 0) is 11.3 Å². The summed E-state index contributed by atoms with van der Waals surface area (Å²) < 4.78 is 39.3. The summed E-state index contributed by atoms with van der Waals surface area (Å²) in [5.74, 6) is -0.511. The molecule has 0 bridgehead atoms. The maximum Gasteiger partial charge on any atom is 0.401 e. The number of hydrogen-bond acceptors (Lipinski definition) is 3. The number of benzene rings is 1. The topological polar surface area (TPSA) is 52.7 Å². The molecule has 1 spiro atoms. The van der Waals surface area contributed by atoms with Gasteiger partial charge in [0.1, 0.15) is 5.54 Å². The van der Waals surface area contributed by atoms with Crippen molar-refractivity contribution in [1.82, 2.24) is 15.1 Å². The standard InChI is InChI=1S/C20H26F3N3O2/c1-14-7-6-8-15(2)20(14)17(27)26(18(28)24-20)13-25(12-19(21,22)23)11-16-9-4-3-5-10-16/h3-5,9-10,14-15H,6-8,11-13H2,1-2H3,(H,24,28). The van der Waals surface area contributed by atoms with Crippen LogP contribution in [-0.4, -0.2) is 46.7 Å². The van der Waals surface area contributed by atoms with Crippen LogP contribution >= 0.6 is 0 Å². The Morgan fingerprint density at radius 2 is 1.75 bits per heavy atom. The summed E-state index contributed by atoms with van der Waals surface area (Å²) in [6, 6.07) is 8.12. The monoisotopic (exact) mass is 397 g/mol. The van der Waals surface area contributed by atoms with Crippen LogP contribution in [0.4, 0.5) is 18.0 Å². The summed E-state index contributed by atoms with van der Waals surface area (Å²) in [7, 11) is 0. The zero-order valence-corrected chi connectivity index (χ0v) is 16.1. The van der Waals surface area contributed by atoms with Crippen LogP contribution in [0.5, 0.6) is 0 Å². The van der Waals surface area contributed by atoms with Gasteiger partial charge in [0, 0.05) is 6.54 Å². The van der Waals surface area contributed by atoms with Gasteiger partial charge in [-0.25, -0.2) is 9.69 Å². The third-order valence-electron chi connectivity index (χ3n) is 5.98. The largest absolute Gasteiger partial charge is 0.401 e. The SMILES string of the molecule is CC1CCCC(C)C12NC(=O)N(CN(Cc1ccccc1)CC(F)(F)F)C2=O. The molecule has 2 unspecified atom stereocenters. The predicted molar refractivity (Wildman–Crippen MR) is 98.1 cm³/mol. The van der Waals surface area contributed by atoms with Crippen LogP contribution in [0.3, 0.4) is 0 Å². The second kappa shape index (κ2) is 7.73. The van der Waals surface area contributed by atoms with E-state index in [1.165, 1.54) is 0 Å². The number of hydrogen-bond donors (Lipinski definition) is 1. The number of carbonyl (C=O) groups is 2. The Balaban J connectivity index is 1.81. The van der Waals surface area contributed by atoms with Gasteiger partial charge in [-0.15, -0.1) is 0 Å². The number of rotatable bonds is 5. The van der Waals surface area contributed by atoms with Gasteiger partial charge >= 0.3 is 12.2 Å². The molecule has 154 valence electrons. The Labute approximate surface area is 162 Å². The number of nitrogens with zero attached hydrogens (tertiary/aromatic N) is 2. The van der Waals surface area contributed by atoms with Gasteiger partial charge < -0.3 is 5.32 Å². The van der Waals surface area contributed by atoms with Crippen molar-refractivity contribution in [2.75, 3.05) is 13.2 Å². The van der Waals surface area contributed by atoms with Gasteiger partial charge in [0.15, 0.2) is 0 Å². The molecule has 8 heteroatoms. The van der Waals surface area contributed by atoms with E-state index in [4.69, 9.17) is 0 Å². The average molecular weight is 397 g/mol. The predicted octanol–water partition coefficient (Wildman–Crippen LogP) is 3.76. The Hall–Kier alpha value is -2.09. The van der Waals surface area contributed by atoms with Crippen molar-refractivity contribution in [3.63, 3.8) is 0 Å². The first-order valence-electron chi connectivity index (χ1n) is 9.60. The Bertz CT molecular complexity index is 713. The molecule has 1 aliphatic heterocycles. The zero-order valence-electron chi connectivity index (χ0n) is 16.1. The molecule has 2 fully saturated rings. The van der Waals surface area contributed by atoms with E-state index >= 15 is 0 Å². The number of alkyl halides is 3. The maximum absolute atomic E-state index is 13.2. The highest BCUT2D eigenvalue weighted by Crippen LogP contribution is 2.42. The fourth-order valence-corrected chi connectivity index (χ4v) is 4.53. The van der Waals surface area contributed by atoms with Crippen molar-refractivity contribution in [3.05, 3.63) is 35.9 Å². The highest BCUT2D eigenvalue weighted by atomic mass is 19.4. The Morgan fingerprint density at radius 1 is 1.14 bits per heavy atom. The molecule has 1 saturated heterocycles. The molecule has 28 heavy (non-hydrogen) atoms. The minimum absolute atomic E-state index is 0.00445. The van der Waals surface area contributed by atoms with E-state index in [2.05, 4.69) is 5.32 Å². The Kier molecular flexibility index (Phi) is 5.70. The number of carbonyl (C=O) groups excluding carboxylic acids is 2. The van der Waals surface area contributed by atoms with Crippen LogP contribution in [0.1, 0.15) is 38.7 Å².